The molecule has 0 aliphatic carbocycles. The lowest BCUT2D eigenvalue weighted by Gasteiger charge is -2.12. The number of nitrogens with one attached hydrogen (secondary N) is 2. The van der Waals surface area contributed by atoms with E-state index in [2.05, 4.69) is 10.6 Å². The Morgan fingerprint density at radius 1 is 0.900 bits per heavy atom. The summed E-state index contributed by atoms with van der Waals surface area (Å²) in [6, 6.07) is 15.9. The summed E-state index contributed by atoms with van der Waals surface area (Å²) in [6.45, 7) is 3.23. The Bertz CT molecular complexity index is 823. The van der Waals surface area contributed by atoms with E-state index in [1.807, 2.05) is 44.2 Å². The van der Waals surface area contributed by atoms with E-state index >= 15 is 0 Å². The maximum absolute atomic E-state index is 11.7. The van der Waals surface area contributed by atoms with Gasteiger partial charge in [-0.25, -0.2) is 9.59 Å². The summed E-state index contributed by atoms with van der Waals surface area (Å²) in [4.78, 5) is 34.8. The minimum Gasteiger partial charge on any atom is -0.489 e. The minimum absolute atomic E-state index is 0.0659. The van der Waals surface area contributed by atoms with Crippen LogP contribution in [0.2, 0.25) is 0 Å². The standard InChI is InChI=1S/C22H26N2O6/c1-3-16(2)23-22(27)24-20(25)14-30-21(26)15-29-19-11-9-18(10-12-19)28-13-17-7-5-4-6-8-17/h4-12,16H,3,13-15H2,1-2H3,(H2,23,24,25,27)/t16-/m1/s1. The van der Waals surface area contributed by atoms with E-state index in [0.29, 0.717) is 18.1 Å². The van der Waals surface area contributed by atoms with Gasteiger partial charge in [-0.05, 0) is 43.2 Å². The first-order valence-corrected chi connectivity index (χ1v) is 9.61. The van der Waals surface area contributed by atoms with Crippen LogP contribution >= 0.6 is 0 Å². The fourth-order valence-electron chi connectivity index (χ4n) is 2.23. The lowest BCUT2D eigenvalue weighted by Crippen LogP contribution is -2.44. The van der Waals surface area contributed by atoms with Crippen molar-refractivity contribution in [2.24, 2.45) is 0 Å². The maximum atomic E-state index is 11.7. The van der Waals surface area contributed by atoms with E-state index in [4.69, 9.17) is 14.2 Å². The molecule has 2 aromatic rings. The van der Waals surface area contributed by atoms with E-state index in [1.165, 1.54) is 0 Å². The number of hydrogen-bond acceptors (Lipinski definition) is 6. The zero-order valence-electron chi connectivity index (χ0n) is 17.1. The first-order chi connectivity index (χ1) is 14.5. The predicted molar refractivity (Wildman–Crippen MR) is 110 cm³/mol. The molecule has 2 aromatic carbocycles. The quantitative estimate of drug-likeness (QED) is 0.580. The molecular formula is C22H26N2O6. The number of urea groups is 1. The van der Waals surface area contributed by atoms with Crippen molar-refractivity contribution in [1.82, 2.24) is 10.6 Å². The van der Waals surface area contributed by atoms with Gasteiger partial charge in [0.1, 0.15) is 18.1 Å². The molecule has 2 rings (SSSR count). The van der Waals surface area contributed by atoms with Gasteiger partial charge >= 0.3 is 12.0 Å². The smallest absolute Gasteiger partial charge is 0.344 e. The first-order valence-electron chi connectivity index (χ1n) is 9.61. The average Bonchev–Trinajstić information content (AvgIpc) is 2.76. The molecule has 0 heterocycles. The number of esters is 1. The van der Waals surface area contributed by atoms with Gasteiger partial charge in [0.25, 0.3) is 5.91 Å². The number of carbonyl (C=O) groups excluding carboxylic acids is 3. The number of carbonyl (C=O) groups is 3. The monoisotopic (exact) mass is 414 g/mol. The first kappa shape index (κ1) is 22.7. The topological polar surface area (TPSA) is 103 Å². The molecule has 160 valence electrons. The third-order valence-corrected chi connectivity index (χ3v) is 4.04. The number of hydrogen-bond donors (Lipinski definition) is 2. The second-order valence-corrected chi connectivity index (χ2v) is 6.53. The lowest BCUT2D eigenvalue weighted by molar-refractivity contribution is -0.150. The average molecular weight is 414 g/mol. The molecule has 0 aliphatic rings. The number of ether oxygens (including phenoxy) is 3. The van der Waals surface area contributed by atoms with Gasteiger partial charge in [0.2, 0.25) is 0 Å². The zero-order chi connectivity index (χ0) is 21.8. The molecule has 0 radical (unpaired) electrons. The highest BCUT2D eigenvalue weighted by Crippen LogP contribution is 2.18. The molecule has 0 fully saturated rings. The fraction of sp³-hybridized carbons (Fsp3) is 0.318. The van der Waals surface area contributed by atoms with Crippen LogP contribution in [0, 0.1) is 0 Å². The number of benzene rings is 2. The number of imide groups is 1. The van der Waals surface area contributed by atoms with E-state index in [0.717, 1.165) is 12.0 Å². The lowest BCUT2D eigenvalue weighted by atomic mass is 10.2. The van der Waals surface area contributed by atoms with Crippen LogP contribution in [0.5, 0.6) is 11.5 Å². The van der Waals surface area contributed by atoms with E-state index < -0.39 is 24.5 Å². The predicted octanol–water partition coefficient (Wildman–Crippen LogP) is 2.81. The van der Waals surface area contributed by atoms with Crippen LogP contribution in [0.25, 0.3) is 0 Å². The molecule has 3 amide bonds. The molecule has 0 saturated carbocycles. The van der Waals surface area contributed by atoms with Crippen LogP contribution in [0.4, 0.5) is 4.79 Å². The van der Waals surface area contributed by atoms with Crippen LogP contribution in [-0.4, -0.2) is 37.2 Å². The SMILES string of the molecule is CC[C@@H](C)NC(=O)NC(=O)COC(=O)COc1ccc(OCc2ccccc2)cc1. The van der Waals surface area contributed by atoms with Crippen molar-refractivity contribution >= 4 is 17.9 Å². The molecule has 30 heavy (non-hydrogen) atoms. The van der Waals surface area contributed by atoms with E-state index in [9.17, 15) is 14.4 Å². The number of rotatable bonds is 10. The molecule has 8 heteroatoms. The Morgan fingerprint density at radius 3 is 2.17 bits per heavy atom. The molecule has 2 N–H and O–H groups in total. The molecule has 0 bridgehead atoms. The maximum Gasteiger partial charge on any atom is 0.344 e. The van der Waals surface area contributed by atoms with Crippen molar-refractivity contribution < 1.29 is 28.6 Å². The minimum atomic E-state index is -0.725. The molecular weight excluding hydrogens is 388 g/mol. The van der Waals surface area contributed by atoms with Crippen LogP contribution < -0.4 is 20.1 Å². The molecule has 0 saturated heterocycles. The van der Waals surface area contributed by atoms with Crippen molar-refractivity contribution in [3.05, 3.63) is 60.2 Å². The highest BCUT2D eigenvalue weighted by Gasteiger charge is 2.12. The zero-order valence-corrected chi connectivity index (χ0v) is 17.1. The van der Waals surface area contributed by atoms with Gasteiger partial charge < -0.3 is 19.5 Å². The Labute approximate surface area is 175 Å². The van der Waals surface area contributed by atoms with Gasteiger partial charge in [-0.1, -0.05) is 37.3 Å². The van der Waals surface area contributed by atoms with Crippen LogP contribution in [0.3, 0.4) is 0 Å². The van der Waals surface area contributed by atoms with Crippen LogP contribution in [0.15, 0.2) is 54.6 Å². The summed E-state index contributed by atoms with van der Waals surface area (Å²) >= 11 is 0. The molecule has 0 unspecified atom stereocenters. The highest BCUT2D eigenvalue weighted by molar-refractivity contribution is 5.95. The summed E-state index contributed by atoms with van der Waals surface area (Å²) in [5, 5.41) is 4.65. The fourth-order valence-corrected chi connectivity index (χ4v) is 2.23. The van der Waals surface area contributed by atoms with E-state index in [1.54, 1.807) is 24.3 Å². The third-order valence-electron chi connectivity index (χ3n) is 4.04. The second-order valence-electron chi connectivity index (χ2n) is 6.53. The van der Waals surface area contributed by atoms with Crippen molar-refractivity contribution in [1.29, 1.82) is 0 Å². The van der Waals surface area contributed by atoms with Crippen LogP contribution in [-0.2, 0) is 20.9 Å². The normalized spacial score (nSPS) is 11.1. The molecule has 0 aliphatic heterocycles. The summed E-state index contributed by atoms with van der Waals surface area (Å²) < 4.78 is 15.8. The molecule has 1 atom stereocenters. The summed E-state index contributed by atoms with van der Waals surface area (Å²) in [5.41, 5.74) is 1.06. The van der Waals surface area contributed by atoms with Gasteiger partial charge in [-0.15, -0.1) is 0 Å². The highest BCUT2D eigenvalue weighted by atomic mass is 16.6. The Kier molecular flexibility index (Phi) is 9.18. The Morgan fingerprint density at radius 2 is 1.53 bits per heavy atom. The van der Waals surface area contributed by atoms with E-state index in [-0.39, 0.29) is 12.6 Å². The Balaban J connectivity index is 1.65. The number of amides is 3. The molecule has 0 aromatic heterocycles. The third kappa shape index (κ3) is 8.64. The van der Waals surface area contributed by atoms with Crippen LogP contribution in [0.1, 0.15) is 25.8 Å². The van der Waals surface area contributed by atoms with Gasteiger partial charge in [-0.2, -0.15) is 0 Å². The molecule has 8 nitrogen and oxygen atoms in total. The largest absolute Gasteiger partial charge is 0.489 e. The van der Waals surface area contributed by atoms with Gasteiger partial charge in [0, 0.05) is 6.04 Å². The van der Waals surface area contributed by atoms with Crippen molar-refractivity contribution in [2.75, 3.05) is 13.2 Å². The summed E-state index contributed by atoms with van der Waals surface area (Å²) in [7, 11) is 0. The van der Waals surface area contributed by atoms with Gasteiger partial charge in [-0.3, -0.25) is 10.1 Å². The second kappa shape index (κ2) is 12.1. The van der Waals surface area contributed by atoms with Crippen molar-refractivity contribution in [2.45, 2.75) is 32.9 Å². The summed E-state index contributed by atoms with van der Waals surface area (Å²) in [5.74, 6) is -0.321. The Hall–Kier alpha value is -3.55. The van der Waals surface area contributed by atoms with Gasteiger partial charge in [0.15, 0.2) is 13.2 Å². The van der Waals surface area contributed by atoms with Crippen molar-refractivity contribution in [3.63, 3.8) is 0 Å². The van der Waals surface area contributed by atoms with Crippen molar-refractivity contribution in [3.8, 4) is 11.5 Å². The molecule has 0 spiro atoms. The van der Waals surface area contributed by atoms with Gasteiger partial charge in [0.05, 0.1) is 0 Å². The summed E-state index contributed by atoms with van der Waals surface area (Å²) in [6.07, 6.45) is 0.730.